The molecule has 0 unspecified atom stereocenters. The largest absolute Gasteiger partial charge is 0.475 e. The summed E-state index contributed by atoms with van der Waals surface area (Å²) in [5, 5.41) is 3.30. The first-order chi connectivity index (χ1) is 9.78. The molecule has 1 rings (SSSR count). The van der Waals surface area contributed by atoms with Crippen LogP contribution in [-0.2, 0) is 11.3 Å². The zero-order chi connectivity index (χ0) is 15.9. The minimum absolute atomic E-state index is 0.0516. The van der Waals surface area contributed by atoms with Crippen molar-refractivity contribution in [2.75, 3.05) is 19.8 Å². The van der Waals surface area contributed by atoms with Crippen LogP contribution >= 0.6 is 0 Å². The molecule has 0 aromatic carbocycles. The van der Waals surface area contributed by atoms with Gasteiger partial charge in [0.15, 0.2) is 0 Å². The highest BCUT2D eigenvalue weighted by Crippen LogP contribution is 2.17. The molecule has 0 aliphatic heterocycles. The summed E-state index contributed by atoms with van der Waals surface area (Å²) < 4.78 is 24.4. The first-order valence-electron chi connectivity index (χ1n) is 7.38. The van der Waals surface area contributed by atoms with Gasteiger partial charge in [-0.25, -0.2) is 9.37 Å². The first kappa shape index (κ1) is 17.9. The second kappa shape index (κ2) is 8.29. The zero-order valence-corrected chi connectivity index (χ0v) is 13.7. The van der Waals surface area contributed by atoms with Gasteiger partial charge in [0.25, 0.3) is 0 Å². The second-order valence-corrected chi connectivity index (χ2v) is 6.54. The number of hydrogen-bond acceptors (Lipinski definition) is 4. The van der Waals surface area contributed by atoms with Gasteiger partial charge in [0.05, 0.1) is 12.8 Å². The van der Waals surface area contributed by atoms with Crippen molar-refractivity contribution in [3.05, 3.63) is 23.6 Å². The summed E-state index contributed by atoms with van der Waals surface area (Å²) in [6.45, 7) is 12.5. The number of nitrogens with zero attached hydrogens (tertiary/aromatic N) is 1. The quantitative estimate of drug-likeness (QED) is 0.749. The van der Waals surface area contributed by atoms with E-state index in [1.54, 1.807) is 0 Å². The van der Waals surface area contributed by atoms with Crippen LogP contribution in [0.25, 0.3) is 0 Å². The van der Waals surface area contributed by atoms with Gasteiger partial charge in [-0.3, -0.25) is 0 Å². The van der Waals surface area contributed by atoms with Crippen molar-refractivity contribution >= 4 is 0 Å². The van der Waals surface area contributed by atoms with Gasteiger partial charge in [-0.05, 0) is 32.8 Å². The molecule has 0 saturated heterocycles. The average Bonchev–Trinajstić information content (AvgIpc) is 2.36. The molecular weight excluding hydrogens is 271 g/mol. The van der Waals surface area contributed by atoms with Crippen molar-refractivity contribution in [2.45, 2.75) is 46.7 Å². The Bertz CT molecular complexity index is 431. The van der Waals surface area contributed by atoms with Crippen LogP contribution in [0.15, 0.2) is 12.3 Å². The van der Waals surface area contributed by atoms with Crippen LogP contribution in [0, 0.1) is 11.7 Å². The van der Waals surface area contributed by atoms with E-state index in [4.69, 9.17) is 9.47 Å². The highest BCUT2D eigenvalue weighted by Gasteiger charge is 2.13. The van der Waals surface area contributed by atoms with Gasteiger partial charge in [-0.1, -0.05) is 13.8 Å². The Morgan fingerprint density at radius 2 is 2.00 bits per heavy atom. The van der Waals surface area contributed by atoms with E-state index in [0.717, 1.165) is 0 Å². The summed E-state index contributed by atoms with van der Waals surface area (Å²) in [4.78, 5) is 4.02. The minimum Gasteiger partial charge on any atom is -0.475 e. The molecule has 0 amide bonds. The van der Waals surface area contributed by atoms with Gasteiger partial charge in [-0.15, -0.1) is 0 Å². The summed E-state index contributed by atoms with van der Waals surface area (Å²) in [6.07, 6.45) is 1.17. The van der Waals surface area contributed by atoms with E-state index in [2.05, 4.69) is 44.9 Å². The van der Waals surface area contributed by atoms with E-state index >= 15 is 0 Å². The number of pyridine rings is 1. The summed E-state index contributed by atoms with van der Waals surface area (Å²) in [6, 6.07) is 1.45. The Morgan fingerprint density at radius 1 is 1.29 bits per heavy atom. The number of halogens is 1. The van der Waals surface area contributed by atoms with Crippen LogP contribution in [0.1, 0.15) is 40.2 Å². The van der Waals surface area contributed by atoms with Crippen LogP contribution in [0.2, 0.25) is 0 Å². The summed E-state index contributed by atoms with van der Waals surface area (Å²) in [5.74, 6) is 0.603. The SMILES string of the molecule is CC(C)COCCOc1ncc(F)cc1CNC(C)(C)C. The van der Waals surface area contributed by atoms with Gasteiger partial charge < -0.3 is 14.8 Å². The van der Waals surface area contributed by atoms with Crippen LogP contribution in [0.4, 0.5) is 4.39 Å². The van der Waals surface area contributed by atoms with E-state index in [0.29, 0.717) is 43.7 Å². The Balaban J connectivity index is 2.52. The predicted molar refractivity (Wildman–Crippen MR) is 81.9 cm³/mol. The second-order valence-electron chi connectivity index (χ2n) is 6.54. The number of nitrogens with one attached hydrogen (secondary N) is 1. The molecule has 0 fully saturated rings. The monoisotopic (exact) mass is 298 g/mol. The van der Waals surface area contributed by atoms with Gasteiger partial charge >= 0.3 is 0 Å². The van der Waals surface area contributed by atoms with Crippen LogP contribution in [-0.4, -0.2) is 30.3 Å². The van der Waals surface area contributed by atoms with E-state index in [-0.39, 0.29) is 11.4 Å². The summed E-state index contributed by atoms with van der Waals surface area (Å²) in [5.41, 5.74) is 0.665. The highest BCUT2D eigenvalue weighted by atomic mass is 19.1. The van der Waals surface area contributed by atoms with E-state index < -0.39 is 0 Å². The molecule has 5 heteroatoms. The molecule has 0 aliphatic carbocycles. The number of rotatable bonds is 8. The third-order valence-corrected chi connectivity index (χ3v) is 2.62. The lowest BCUT2D eigenvalue weighted by molar-refractivity contribution is 0.0802. The van der Waals surface area contributed by atoms with Crippen molar-refractivity contribution in [1.82, 2.24) is 10.3 Å². The molecule has 1 aromatic heterocycles. The topological polar surface area (TPSA) is 43.4 Å². The molecule has 0 bridgehead atoms. The fourth-order valence-electron chi connectivity index (χ4n) is 1.60. The van der Waals surface area contributed by atoms with Gasteiger partial charge in [-0.2, -0.15) is 0 Å². The Hall–Kier alpha value is -1.20. The molecule has 1 N–H and O–H groups in total. The van der Waals surface area contributed by atoms with Gasteiger partial charge in [0.1, 0.15) is 12.4 Å². The van der Waals surface area contributed by atoms with Crippen LogP contribution in [0.5, 0.6) is 5.88 Å². The molecule has 1 aromatic rings. The van der Waals surface area contributed by atoms with Crippen molar-refractivity contribution in [1.29, 1.82) is 0 Å². The van der Waals surface area contributed by atoms with Gasteiger partial charge in [0.2, 0.25) is 5.88 Å². The fourth-order valence-corrected chi connectivity index (χ4v) is 1.60. The third kappa shape index (κ3) is 7.97. The number of aromatic nitrogens is 1. The number of hydrogen-bond donors (Lipinski definition) is 1. The highest BCUT2D eigenvalue weighted by molar-refractivity contribution is 5.26. The van der Waals surface area contributed by atoms with E-state index in [1.807, 2.05) is 0 Å². The van der Waals surface area contributed by atoms with Gasteiger partial charge in [0, 0.05) is 24.3 Å². The standard InChI is InChI=1S/C16H27FN2O2/c1-12(2)11-20-6-7-21-15-13(8-14(17)10-18-15)9-19-16(3,4)5/h8,10,12,19H,6-7,9,11H2,1-5H3. The molecule has 1 heterocycles. The molecule has 0 aliphatic rings. The Labute approximate surface area is 127 Å². The zero-order valence-electron chi connectivity index (χ0n) is 13.7. The first-order valence-corrected chi connectivity index (χ1v) is 7.38. The maximum Gasteiger partial charge on any atom is 0.218 e. The maximum atomic E-state index is 13.3. The fraction of sp³-hybridized carbons (Fsp3) is 0.688. The molecule has 0 radical (unpaired) electrons. The molecule has 21 heavy (non-hydrogen) atoms. The van der Waals surface area contributed by atoms with Crippen LogP contribution in [0.3, 0.4) is 0 Å². The lowest BCUT2D eigenvalue weighted by Crippen LogP contribution is -2.35. The van der Waals surface area contributed by atoms with Crippen molar-refractivity contribution < 1.29 is 13.9 Å². The van der Waals surface area contributed by atoms with E-state index in [9.17, 15) is 4.39 Å². The maximum absolute atomic E-state index is 13.3. The Kier molecular flexibility index (Phi) is 7.05. The van der Waals surface area contributed by atoms with E-state index in [1.165, 1.54) is 12.3 Å². The van der Waals surface area contributed by atoms with Crippen molar-refractivity contribution in [3.63, 3.8) is 0 Å². The summed E-state index contributed by atoms with van der Waals surface area (Å²) in [7, 11) is 0. The van der Waals surface area contributed by atoms with Crippen molar-refractivity contribution in [2.24, 2.45) is 5.92 Å². The molecule has 120 valence electrons. The molecule has 4 nitrogen and oxygen atoms in total. The molecule has 0 spiro atoms. The third-order valence-electron chi connectivity index (χ3n) is 2.62. The lowest BCUT2D eigenvalue weighted by Gasteiger charge is -2.21. The number of ether oxygens (including phenoxy) is 2. The smallest absolute Gasteiger partial charge is 0.218 e. The molecule has 0 atom stereocenters. The molecular formula is C16H27FN2O2. The normalized spacial score (nSPS) is 12.0. The minimum atomic E-state index is -0.357. The predicted octanol–water partition coefficient (Wildman–Crippen LogP) is 3.16. The summed E-state index contributed by atoms with van der Waals surface area (Å²) >= 11 is 0. The average molecular weight is 298 g/mol. The lowest BCUT2D eigenvalue weighted by atomic mass is 10.1. The van der Waals surface area contributed by atoms with Crippen molar-refractivity contribution in [3.8, 4) is 5.88 Å². The molecule has 0 saturated carbocycles. The van der Waals surface area contributed by atoms with Crippen LogP contribution < -0.4 is 10.1 Å². The Morgan fingerprint density at radius 3 is 2.62 bits per heavy atom.